The predicted molar refractivity (Wildman–Crippen MR) is 49.4 cm³/mol. The van der Waals surface area contributed by atoms with Gasteiger partial charge in [-0.2, -0.15) is 0 Å². The van der Waals surface area contributed by atoms with Crippen molar-refractivity contribution in [2.24, 2.45) is 5.92 Å². The fourth-order valence-electron chi connectivity index (χ4n) is 1.97. The van der Waals surface area contributed by atoms with Crippen LogP contribution in [0.5, 0.6) is 0 Å². The summed E-state index contributed by atoms with van der Waals surface area (Å²) in [6.07, 6.45) is 2.40. The fraction of sp³-hybridized carbons (Fsp3) is 0.889. The van der Waals surface area contributed by atoms with E-state index in [4.69, 9.17) is 4.74 Å². The van der Waals surface area contributed by atoms with E-state index in [1.807, 2.05) is 0 Å². The quantitative estimate of drug-likeness (QED) is 0.391. The molecule has 0 aromatic carbocycles. The van der Waals surface area contributed by atoms with Gasteiger partial charge in [0.25, 0.3) is 0 Å². The van der Waals surface area contributed by atoms with Gasteiger partial charge in [0.15, 0.2) is 0 Å². The molecule has 1 aliphatic carbocycles. The molecule has 14 heavy (non-hydrogen) atoms. The number of esters is 1. The molecular weight excluding hydrogens is 186 g/mol. The summed E-state index contributed by atoms with van der Waals surface area (Å²) in [7, 11) is 0. The Labute approximate surface area is 82.6 Å². The zero-order valence-electron chi connectivity index (χ0n) is 8.27. The molecule has 1 aliphatic rings. The highest BCUT2D eigenvalue weighted by molar-refractivity contribution is 5.69. The van der Waals surface area contributed by atoms with E-state index in [2.05, 4.69) is 0 Å². The summed E-state index contributed by atoms with van der Waals surface area (Å²) >= 11 is 0. The van der Waals surface area contributed by atoms with Crippen LogP contribution in [0.2, 0.25) is 0 Å². The van der Waals surface area contributed by atoms with Crippen molar-refractivity contribution in [1.29, 1.82) is 0 Å². The topological polar surface area (TPSA) is 69.4 Å². The van der Waals surface area contributed by atoms with Crippen molar-refractivity contribution in [2.45, 2.75) is 38.6 Å². The Bertz CT molecular complexity index is 229. The number of hydrogen-bond donors (Lipinski definition) is 0. The van der Waals surface area contributed by atoms with E-state index in [1.165, 1.54) is 0 Å². The van der Waals surface area contributed by atoms with Crippen LogP contribution in [-0.2, 0) is 9.53 Å². The van der Waals surface area contributed by atoms with E-state index >= 15 is 0 Å². The molecule has 2 atom stereocenters. The molecule has 1 saturated carbocycles. The Morgan fingerprint density at radius 2 is 2.29 bits per heavy atom. The zero-order valence-corrected chi connectivity index (χ0v) is 8.27. The normalized spacial score (nSPS) is 26.1. The molecule has 0 spiro atoms. The predicted octanol–water partition coefficient (Wildman–Crippen LogP) is 1.39. The molecule has 5 nitrogen and oxygen atoms in total. The van der Waals surface area contributed by atoms with Crippen molar-refractivity contribution in [3.05, 3.63) is 10.1 Å². The van der Waals surface area contributed by atoms with Crippen LogP contribution in [0.4, 0.5) is 0 Å². The van der Waals surface area contributed by atoms with Gasteiger partial charge in [-0.25, -0.2) is 0 Å². The molecule has 0 aromatic heterocycles. The number of nitrogens with zero attached hydrogens (tertiary/aromatic N) is 1. The molecule has 80 valence electrons. The maximum absolute atomic E-state index is 11.1. The van der Waals surface area contributed by atoms with Gasteiger partial charge in [0.2, 0.25) is 6.04 Å². The lowest BCUT2D eigenvalue weighted by Gasteiger charge is -2.11. The average Bonchev–Trinajstić information content (AvgIpc) is 2.52. The molecule has 0 aromatic rings. The highest BCUT2D eigenvalue weighted by Crippen LogP contribution is 2.30. The molecule has 0 amide bonds. The molecule has 0 aliphatic heterocycles. The lowest BCUT2D eigenvalue weighted by molar-refractivity contribution is -0.528. The highest BCUT2D eigenvalue weighted by Gasteiger charge is 2.37. The summed E-state index contributed by atoms with van der Waals surface area (Å²) in [5, 5.41) is 10.6. The standard InChI is InChI=1S/C9H15NO4/c1-2-14-9(11)6-7-4-3-5-8(7)10(12)13/h7-8H,2-6H2,1H3/t7-,8+/m0/s1. The Kier molecular flexibility index (Phi) is 3.85. The molecular formula is C9H15NO4. The average molecular weight is 201 g/mol. The minimum atomic E-state index is -0.542. The van der Waals surface area contributed by atoms with Crippen molar-refractivity contribution < 1.29 is 14.5 Å². The van der Waals surface area contributed by atoms with E-state index in [0.29, 0.717) is 13.0 Å². The summed E-state index contributed by atoms with van der Waals surface area (Å²) in [5.74, 6) is -0.435. The van der Waals surface area contributed by atoms with E-state index < -0.39 is 6.04 Å². The SMILES string of the molecule is CCOC(=O)C[C@@H]1CCC[C@H]1[N+](=O)[O-]. The van der Waals surface area contributed by atoms with Crippen molar-refractivity contribution in [1.82, 2.24) is 0 Å². The molecule has 0 radical (unpaired) electrons. The number of rotatable bonds is 4. The summed E-state index contributed by atoms with van der Waals surface area (Å²) in [6.45, 7) is 2.08. The smallest absolute Gasteiger partial charge is 0.306 e. The number of nitro groups is 1. The van der Waals surface area contributed by atoms with Crippen molar-refractivity contribution in [2.75, 3.05) is 6.61 Å². The van der Waals surface area contributed by atoms with Gasteiger partial charge in [-0.05, 0) is 19.8 Å². The second-order valence-corrected chi connectivity index (χ2v) is 3.55. The van der Waals surface area contributed by atoms with E-state index in [0.717, 1.165) is 12.8 Å². The van der Waals surface area contributed by atoms with Crippen LogP contribution in [0.3, 0.4) is 0 Å². The summed E-state index contributed by atoms with van der Waals surface area (Å²) < 4.78 is 4.77. The van der Waals surface area contributed by atoms with Crippen LogP contribution < -0.4 is 0 Å². The lowest BCUT2D eigenvalue weighted by atomic mass is 10.0. The van der Waals surface area contributed by atoms with Crippen LogP contribution in [0.1, 0.15) is 32.6 Å². The van der Waals surface area contributed by atoms with Gasteiger partial charge in [0.05, 0.1) is 13.0 Å². The van der Waals surface area contributed by atoms with Gasteiger partial charge < -0.3 is 4.74 Å². The lowest BCUT2D eigenvalue weighted by Crippen LogP contribution is -2.26. The second kappa shape index (κ2) is 4.93. The third kappa shape index (κ3) is 2.68. The Hall–Kier alpha value is -1.13. The largest absolute Gasteiger partial charge is 0.466 e. The van der Waals surface area contributed by atoms with E-state index in [1.54, 1.807) is 6.92 Å². The molecule has 1 fully saturated rings. The molecule has 0 N–H and O–H groups in total. The summed E-state index contributed by atoms with van der Waals surface area (Å²) in [4.78, 5) is 21.5. The Morgan fingerprint density at radius 3 is 2.86 bits per heavy atom. The first-order chi connectivity index (χ1) is 6.65. The van der Waals surface area contributed by atoms with Gasteiger partial charge in [0, 0.05) is 17.3 Å². The van der Waals surface area contributed by atoms with Gasteiger partial charge in [-0.15, -0.1) is 0 Å². The Morgan fingerprint density at radius 1 is 1.57 bits per heavy atom. The first-order valence-corrected chi connectivity index (χ1v) is 4.94. The zero-order chi connectivity index (χ0) is 10.6. The monoisotopic (exact) mass is 201 g/mol. The van der Waals surface area contributed by atoms with Crippen molar-refractivity contribution >= 4 is 5.97 Å². The van der Waals surface area contributed by atoms with Gasteiger partial charge in [-0.1, -0.05) is 0 Å². The van der Waals surface area contributed by atoms with Gasteiger partial charge >= 0.3 is 5.97 Å². The third-order valence-electron chi connectivity index (χ3n) is 2.62. The molecule has 0 unspecified atom stereocenters. The van der Waals surface area contributed by atoms with E-state index in [9.17, 15) is 14.9 Å². The highest BCUT2D eigenvalue weighted by atomic mass is 16.6. The molecule has 0 saturated heterocycles. The third-order valence-corrected chi connectivity index (χ3v) is 2.62. The van der Waals surface area contributed by atoms with Crippen molar-refractivity contribution in [3.8, 4) is 0 Å². The maximum Gasteiger partial charge on any atom is 0.306 e. The first-order valence-electron chi connectivity index (χ1n) is 4.94. The van der Waals surface area contributed by atoms with Crippen molar-refractivity contribution in [3.63, 3.8) is 0 Å². The Balaban J connectivity index is 2.43. The number of hydrogen-bond acceptors (Lipinski definition) is 4. The molecule has 0 bridgehead atoms. The van der Waals surface area contributed by atoms with Crippen LogP contribution in [-0.4, -0.2) is 23.5 Å². The van der Waals surface area contributed by atoms with E-state index in [-0.39, 0.29) is 23.2 Å². The second-order valence-electron chi connectivity index (χ2n) is 3.55. The number of carbonyl (C=O) groups excluding carboxylic acids is 1. The minimum absolute atomic E-state index is 0.121. The van der Waals surface area contributed by atoms with Gasteiger partial charge in [0.1, 0.15) is 0 Å². The minimum Gasteiger partial charge on any atom is -0.466 e. The van der Waals surface area contributed by atoms with Crippen LogP contribution in [0.25, 0.3) is 0 Å². The van der Waals surface area contributed by atoms with Crippen LogP contribution in [0.15, 0.2) is 0 Å². The molecule has 1 rings (SSSR count). The fourth-order valence-corrected chi connectivity index (χ4v) is 1.97. The van der Waals surface area contributed by atoms with Crippen LogP contribution >= 0.6 is 0 Å². The maximum atomic E-state index is 11.1. The van der Waals surface area contributed by atoms with Crippen LogP contribution in [0, 0.1) is 16.0 Å². The number of ether oxygens (including phenoxy) is 1. The summed E-state index contributed by atoms with van der Waals surface area (Å²) in [5.41, 5.74) is 0. The molecule has 0 heterocycles. The summed E-state index contributed by atoms with van der Waals surface area (Å²) in [6, 6.07) is -0.542. The molecule has 5 heteroatoms. The first kappa shape index (κ1) is 10.9. The van der Waals surface area contributed by atoms with Gasteiger partial charge in [-0.3, -0.25) is 14.9 Å². The number of carbonyl (C=O) groups is 1.